The maximum Gasteiger partial charge on any atom is 0.137 e. The molecule has 0 atom stereocenters. The summed E-state index contributed by atoms with van der Waals surface area (Å²) in [7, 11) is 0. The summed E-state index contributed by atoms with van der Waals surface area (Å²) in [6, 6.07) is 58.0. The van der Waals surface area contributed by atoms with Crippen LogP contribution < -0.4 is 4.90 Å². The molecule has 10 rings (SSSR count). The van der Waals surface area contributed by atoms with Gasteiger partial charge in [0.25, 0.3) is 0 Å². The fourth-order valence-electron chi connectivity index (χ4n) is 7.17. The molecular formula is C44H27NO2. The van der Waals surface area contributed by atoms with Gasteiger partial charge in [-0.3, -0.25) is 0 Å². The van der Waals surface area contributed by atoms with Gasteiger partial charge in [-0.2, -0.15) is 0 Å². The van der Waals surface area contributed by atoms with E-state index in [2.05, 4.69) is 157 Å². The first-order valence-corrected chi connectivity index (χ1v) is 15.9. The van der Waals surface area contributed by atoms with Crippen LogP contribution in [-0.2, 0) is 0 Å². The minimum atomic E-state index is 0.866. The molecule has 10 aromatic rings. The van der Waals surface area contributed by atoms with Crippen LogP contribution in [0.4, 0.5) is 17.1 Å². The molecule has 0 aliphatic heterocycles. The lowest BCUT2D eigenvalue weighted by molar-refractivity contribution is 0.669. The number of benzene rings is 8. The monoisotopic (exact) mass is 601 g/mol. The molecule has 0 bridgehead atoms. The number of anilines is 3. The smallest absolute Gasteiger partial charge is 0.137 e. The van der Waals surface area contributed by atoms with E-state index in [1.807, 2.05) is 12.1 Å². The van der Waals surface area contributed by atoms with Crippen LogP contribution in [0.2, 0.25) is 0 Å². The Hall–Kier alpha value is -6.32. The van der Waals surface area contributed by atoms with Crippen LogP contribution in [0.1, 0.15) is 0 Å². The zero-order valence-corrected chi connectivity index (χ0v) is 25.4. The normalized spacial score (nSPS) is 11.8. The van der Waals surface area contributed by atoms with Crippen molar-refractivity contribution in [2.45, 2.75) is 0 Å². The quantitative estimate of drug-likeness (QED) is 0.201. The topological polar surface area (TPSA) is 29.5 Å². The molecule has 0 fully saturated rings. The number of hydrogen-bond donors (Lipinski definition) is 0. The lowest BCUT2D eigenvalue weighted by Gasteiger charge is -2.26. The van der Waals surface area contributed by atoms with Gasteiger partial charge in [0, 0.05) is 44.7 Å². The van der Waals surface area contributed by atoms with Crippen LogP contribution in [0.5, 0.6) is 0 Å². The molecule has 3 heteroatoms. The summed E-state index contributed by atoms with van der Waals surface area (Å²) in [6.45, 7) is 0. The molecular weight excluding hydrogens is 574 g/mol. The van der Waals surface area contributed by atoms with E-state index < -0.39 is 0 Å². The number of rotatable bonds is 4. The number of hydrogen-bond acceptors (Lipinski definition) is 3. The summed E-state index contributed by atoms with van der Waals surface area (Å²) in [5.41, 5.74) is 9.09. The minimum Gasteiger partial charge on any atom is -0.456 e. The second kappa shape index (κ2) is 10.1. The van der Waals surface area contributed by atoms with Crippen molar-refractivity contribution in [3.8, 4) is 11.1 Å². The molecule has 0 aliphatic carbocycles. The highest BCUT2D eigenvalue weighted by molar-refractivity contribution is 6.19. The van der Waals surface area contributed by atoms with Crippen molar-refractivity contribution in [1.29, 1.82) is 0 Å². The average Bonchev–Trinajstić information content (AvgIpc) is 3.69. The van der Waals surface area contributed by atoms with E-state index in [4.69, 9.17) is 8.83 Å². The largest absolute Gasteiger partial charge is 0.456 e. The van der Waals surface area contributed by atoms with E-state index in [9.17, 15) is 0 Å². The Morgan fingerprint density at radius 1 is 0.319 bits per heavy atom. The zero-order valence-electron chi connectivity index (χ0n) is 25.4. The first-order chi connectivity index (χ1) is 23.3. The van der Waals surface area contributed by atoms with Gasteiger partial charge in [0.05, 0.1) is 0 Å². The van der Waals surface area contributed by atoms with Crippen LogP contribution in [0, 0.1) is 0 Å². The van der Waals surface area contributed by atoms with Crippen molar-refractivity contribution < 1.29 is 8.83 Å². The summed E-state index contributed by atoms with van der Waals surface area (Å²) in [5.74, 6) is 0. The SMILES string of the molecule is c1ccc(-c2cccc(N(c3ccc4cc5oc6ccccc6c5cc4c3)c3ccc4c(c3)oc3ccc5ccccc5c34)c2)cc1. The fraction of sp³-hybridized carbons (Fsp3) is 0. The highest BCUT2D eigenvalue weighted by atomic mass is 16.3. The summed E-state index contributed by atoms with van der Waals surface area (Å²) in [4.78, 5) is 2.33. The molecule has 0 spiro atoms. The molecule has 47 heavy (non-hydrogen) atoms. The third-order valence-electron chi connectivity index (χ3n) is 9.39. The Morgan fingerprint density at radius 3 is 1.96 bits per heavy atom. The van der Waals surface area contributed by atoms with Gasteiger partial charge in [0.15, 0.2) is 0 Å². The molecule has 0 amide bonds. The van der Waals surface area contributed by atoms with Crippen molar-refractivity contribution >= 4 is 82.5 Å². The van der Waals surface area contributed by atoms with Crippen molar-refractivity contribution in [3.05, 3.63) is 164 Å². The van der Waals surface area contributed by atoms with Gasteiger partial charge in [0.1, 0.15) is 22.3 Å². The number of fused-ring (bicyclic) bond motifs is 9. The maximum absolute atomic E-state index is 6.53. The van der Waals surface area contributed by atoms with Crippen molar-refractivity contribution in [3.63, 3.8) is 0 Å². The predicted molar refractivity (Wildman–Crippen MR) is 196 cm³/mol. The Morgan fingerprint density at radius 2 is 1.02 bits per heavy atom. The Bertz CT molecular complexity index is 2800. The predicted octanol–water partition coefficient (Wildman–Crippen LogP) is 12.9. The third kappa shape index (κ3) is 4.14. The third-order valence-corrected chi connectivity index (χ3v) is 9.39. The van der Waals surface area contributed by atoms with Gasteiger partial charge >= 0.3 is 0 Å². The fourth-order valence-corrected chi connectivity index (χ4v) is 7.17. The Balaban J connectivity index is 1.19. The van der Waals surface area contributed by atoms with E-state index in [0.717, 1.165) is 77.3 Å². The van der Waals surface area contributed by atoms with E-state index in [0.29, 0.717) is 0 Å². The van der Waals surface area contributed by atoms with Gasteiger partial charge < -0.3 is 13.7 Å². The second-order valence-electron chi connectivity index (χ2n) is 12.2. The summed E-state index contributed by atoms with van der Waals surface area (Å²) < 4.78 is 12.7. The van der Waals surface area contributed by atoms with Gasteiger partial charge in [-0.25, -0.2) is 0 Å². The molecule has 2 heterocycles. The number of furan rings is 2. The number of nitrogens with zero attached hydrogens (tertiary/aromatic N) is 1. The molecule has 2 aromatic heterocycles. The van der Waals surface area contributed by atoms with Crippen LogP contribution >= 0.6 is 0 Å². The molecule has 0 N–H and O–H groups in total. The van der Waals surface area contributed by atoms with Gasteiger partial charge in [-0.15, -0.1) is 0 Å². The summed E-state index contributed by atoms with van der Waals surface area (Å²) >= 11 is 0. The average molecular weight is 602 g/mol. The van der Waals surface area contributed by atoms with Crippen molar-refractivity contribution in [1.82, 2.24) is 0 Å². The minimum absolute atomic E-state index is 0.866. The van der Waals surface area contributed by atoms with Crippen LogP contribution in [0.25, 0.3) is 76.5 Å². The Kier molecular flexibility index (Phi) is 5.57. The highest BCUT2D eigenvalue weighted by Crippen LogP contribution is 2.42. The summed E-state index contributed by atoms with van der Waals surface area (Å²) in [5, 5.41) is 9.23. The maximum atomic E-state index is 6.53. The molecule has 0 saturated carbocycles. The molecule has 8 aromatic carbocycles. The highest BCUT2D eigenvalue weighted by Gasteiger charge is 2.18. The van der Waals surface area contributed by atoms with E-state index >= 15 is 0 Å². The Labute approximate surface area is 270 Å². The van der Waals surface area contributed by atoms with Crippen molar-refractivity contribution in [2.24, 2.45) is 0 Å². The first-order valence-electron chi connectivity index (χ1n) is 15.9. The molecule has 0 radical (unpaired) electrons. The van der Waals surface area contributed by atoms with Crippen LogP contribution in [0.3, 0.4) is 0 Å². The standard InChI is InChI=1S/C44H27NO2/c1-2-9-28(10-3-1)30-12-8-13-33(23-30)45(34-19-17-31-26-42-39(25-32(31)24-34)37-15-6-7-16-40(37)46-42)35-20-21-38-43(27-35)47-41-22-18-29-11-4-5-14-36(29)44(38)41/h1-27H. The van der Waals surface area contributed by atoms with Gasteiger partial charge in [-0.05, 0) is 93.3 Å². The molecule has 220 valence electrons. The molecule has 3 nitrogen and oxygen atoms in total. The molecule has 0 saturated heterocycles. The van der Waals surface area contributed by atoms with Crippen molar-refractivity contribution in [2.75, 3.05) is 4.90 Å². The van der Waals surface area contributed by atoms with E-state index in [-0.39, 0.29) is 0 Å². The zero-order chi connectivity index (χ0) is 30.9. The van der Waals surface area contributed by atoms with Crippen LogP contribution in [0.15, 0.2) is 173 Å². The van der Waals surface area contributed by atoms with Gasteiger partial charge in [-0.1, -0.05) is 97.1 Å². The second-order valence-corrected chi connectivity index (χ2v) is 12.2. The van der Waals surface area contributed by atoms with E-state index in [1.165, 1.54) is 16.3 Å². The van der Waals surface area contributed by atoms with Crippen LogP contribution in [-0.4, -0.2) is 0 Å². The lowest BCUT2D eigenvalue weighted by Crippen LogP contribution is -2.10. The first kappa shape index (κ1) is 26.0. The van der Waals surface area contributed by atoms with E-state index in [1.54, 1.807) is 0 Å². The molecule has 0 aliphatic rings. The molecule has 0 unspecified atom stereocenters. The summed E-state index contributed by atoms with van der Waals surface area (Å²) in [6.07, 6.45) is 0. The van der Waals surface area contributed by atoms with Gasteiger partial charge in [0.2, 0.25) is 0 Å². The number of para-hydroxylation sites is 1. The lowest BCUT2D eigenvalue weighted by atomic mass is 10.0.